The monoisotopic (exact) mass is 218 g/mol. The van der Waals surface area contributed by atoms with E-state index < -0.39 is 0 Å². The summed E-state index contributed by atoms with van der Waals surface area (Å²) in [6.07, 6.45) is 0. The van der Waals surface area contributed by atoms with Crippen molar-refractivity contribution in [3.63, 3.8) is 0 Å². The molecular formula is C14H15Cl. The molecule has 78 valence electrons. The molecule has 0 aliphatic carbocycles. The molecule has 0 bridgehead atoms. The number of hydrogen-bond acceptors (Lipinski definition) is 0. The first kappa shape index (κ1) is 10.5. The minimum absolute atomic E-state index is 0.202. The molecule has 0 saturated carbocycles. The van der Waals surface area contributed by atoms with Gasteiger partial charge in [-0.1, -0.05) is 56.6 Å². The van der Waals surface area contributed by atoms with Gasteiger partial charge in [0.25, 0.3) is 0 Å². The first-order valence-corrected chi connectivity index (χ1v) is 5.54. The predicted molar refractivity (Wildman–Crippen MR) is 67.7 cm³/mol. The Labute approximate surface area is 95.9 Å². The molecule has 0 radical (unpaired) electrons. The second-order valence-corrected chi connectivity index (χ2v) is 5.39. The first-order valence-electron chi connectivity index (χ1n) is 5.17. The van der Waals surface area contributed by atoms with E-state index in [0.29, 0.717) is 0 Å². The summed E-state index contributed by atoms with van der Waals surface area (Å²) in [5.74, 6) is 0. The Morgan fingerprint density at radius 1 is 0.867 bits per heavy atom. The van der Waals surface area contributed by atoms with Crippen LogP contribution >= 0.6 is 11.6 Å². The third kappa shape index (κ3) is 2.15. The maximum absolute atomic E-state index is 5.95. The standard InChI is InChI=1S/C14H15Cl/c1-14(2,3)12-6-4-11-9-13(15)7-5-10(11)8-12/h4-9H,1-3H3. The van der Waals surface area contributed by atoms with Crippen LogP contribution in [0.1, 0.15) is 26.3 Å². The Morgan fingerprint density at radius 3 is 2.13 bits per heavy atom. The predicted octanol–water partition coefficient (Wildman–Crippen LogP) is 4.79. The van der Waals surface area contributed by atoms with Crippen LogP contribution in [0.25, 0.3) is 10.8 Å². The van der Waals surface area contributed by atoms with Gasteiger partial charge in [-0.25, -0.2) is 0 Å². The van der Waals surface area contributed by atoms with Gasteiger partial charge in [0.2, 0.25) is 0 Å². The zero-order valence-electron chi connectivity index (χ0n) is 9.34. The summed E-state index contributed by atoms with van der Waals surface area (Å²) < 4.78 is 0. The van der Waals surface area contributed by atoms with Crippen molar-refractivity contribution in [2.75, 3.05) is 0 Å². The highest BCUT2D eigenvalue weighted by atomic mass is 35.5. The molecule has 0 saturated heterocycles. The van der Waals surface area contributed by atoms with E-state index in [-0.39, 0.29) is 5.41 Å². The molecule has 15 heavy (non-hydrogen) atoms. The fraction of sp³-hybridized carbons (Fsp3) is 0.286. The summed E-state index contributed by atoms with van der Waals surface area (Å²) in [6, 6.07) is 12.6. The van der Waals surface area contributed by atoms with Gasteiger partial charge in [0.1, 0.15) is 0 Å². The van der Waals surface area contributed by atoms with Crippen molar-refractivity contribution in [1.82, 2.24) is 0 Å². The van der Waals surface area contributed by atoms with E-state index in [9.17, 15) is 0 Å². The molecule has 0 aromatic heterocycles. The summed E-state index contributed by atoms with van der Waals surface area (Å²) >= 11 is 5.95. The number of rotatable bonds is 0. The van der Waals surface area contributed by atoms with Gasteiger partial charge in [0.05, 0.1) is 0 Å². The van der Waals surface area contributed by atoms with Gasteiger partial charge in [-0.3, -0.25) is 0 Å². The highest BCUT2D eigenvalue weighted by Gasteiger charge is 2.13. The van der Waals surface area contributed by atoms with Crippen molar-refractivity contribution in [3.05, 3.63) is 47.0 Å². The van der Waals surface area contributed by atoms with Crippen LogP contribution in [0.15, 0.2) is 36.4 Å². The normalized spacial score (nSPS) is 12.0. The highest BCUT2D eigenvalue weighted by Crippen LogP contribution is 2.27. The van der Waals surface area contributed by atoms with E-state index in [1.54, 1.807) is 0 Å². The summed E-state index contributed by atoms with van der Waals surface area (Å²) in [7, 11) is 0. The minimum atomic E-state index is 0.202. The molecule has 2 rings (SSSR count). The molecule has 0 nitrogen and oxygen atoms in total. The fourth-order valence-electron chi connectivity index (χ4n) is 1.68. The maximum atomic E-state index is 5.95. The van der Waals surface area contributed by atoms with E-state index in [1.165, 1.54) is 16.3 Å². The molecule has 0 unspecified atom stereocenters. The molecule has 0 spiro atoms. The van der Waals surface area contributed by atoms with E-state index in [2.05, 4.69) is 45.0 Å². The van der Waals surface area contributed by atoms with Gasteiger partial charge in [-0.2, -0.15) is 0 Å². The number of fused-ring (bicyclic) bond motifs is 1. The van der Waals surface area contributed by atoms with Crippen molar-refractivity contribution in [1.29, 1.82) is 0 Å². The largest absolute Gasteiger partial charge is 0.0843 e. The van der Waals surface area contributed by atoms with Gasteiger partial charge >= 0.3 is 0 Å². The topological polar surface area (TPSA) is 0 Å². The number of benzene rings is 2. The SMILES string of the molecule is CC(C)(C)c1ccc2cc(Cl)ccc2c1. The third-order valence-electron chi connectivity index (χ3n) is 2.67. The molecule has 2 aromatic carbocycles. The summed E-state index contributed by atoms with van der Waals surface area (Å²) in [6.45, 7) is 6.68. The summed E-state index contributed by atoms with van der Waals surface area (Å²) in [5.41, 5.74) is 1.56. The van der Waals surface area contributed by atoms with Crippen LogP contribution in [-0.2, 0) is 5.41 Å². The van der Waals surface area contributed by atoms with Gasteiger partial charge in [0.15, 0.2) is 0 Å². The maximum Gasteiger partial charge on any atom is 0.0412 e. The van der Waals surface area contributed by atoms with Crippen LogP contribution in [0.3, 0.4) is 0 Å². The lowest BCUT2D eigenvalue weighted by molar-refractivity contribution is 0.591. The molecule has 0 N–H and O–H groups in total. The second-order valence-electron chi connectivity index (χ2n) is 4.96. The van der Waals surface area contributed by atoms with Crippen molar-refractivity contribution in [2.45, 2.75) is 26.2 Å². The van der Waals surface area contributed by atoms with E-state index in [0.717, 1.165) is 5.02 Å². The lowest BCUT2D eigenvalue weighted by atomic mass is 9.86. The Balaban J connectivity index is 2.62. The number of halogens is 1. The Hall–Kier alpha value is -1.01. The number of hydrogen-bond donors (Lipinski definition) is 0. The molecule has 0 heterocycles. The molecule has 0 aliphatic rings. The molecular weight excluding hydrogens is 204 g/mol. The van der Waals surface area contributed by atoms with E-state index in [1.807, 2.05) is 12.1 Å². The van der Waals surface area contributed by atoms with Crippen LogP contribution in [0.5, 0.6) is 0 Å². The van der Waals surface area contributed by atoms with Crippen LogP contribution in [0.4, 0.5) is 0 Å². The minimum Gasteiger partial charge on any atom is -0.0843 e. The lowest BCUT2D eigenvalue weighted by Gasteiger charge is -2.19. The van der Waals surface area contributed by atoms with Crippen LogP contribution in [0, 0.1) is 0 Å². The Bertz CT molecular complexity index is 492. The van der Waals surface area contributed by atoms with Gasteiger partial charge < -0.3 is 0 Å². The van der Waals surface area contributed by atoms with E-state index in [4.69, 9.17) is 11.6 Å². The van der Waals surface area contributed by atoms with Crippen molar-refractivity contribution in [2.24, 2.45) is 0 Å². The van der Waals surface area contributed by atoms with Crippen LogP contribution in [-0.4, -0.2) is 0 Å². The average Bonchev–Trinajstić information content (AvgIpc) is 2.15. The molecule has 0 aliphatic heterocycles. The van der Waals surface area contributed by atoms with Crippen molar-refractivity contribution >= 4 is 22.4 Å². The lowest BCUT2D eigenvalue weighted by Crippen LogP contribution is -2.10. The third-order valence-corrected chi connectivity index (χ3v) is 2.90. The van der Waals surface area contributed by atoms with Crippen molar-refractivity contribution in [3.8, 4) is 0 Å². The second kappa shape index (κ2) is 3.53. The quantitative estimate of drug-likeness (QED) is 0.597. The van der Waals surface area contributed by atoms with Gasteiger partial charge in [-0.05, 0) is 33.9 Å². The first-order chi connectivity index (χ1) is 6.97. The van der Waals surface area contributed by atoms with Crippen LogP contribution in [0.2, 0.25) is 5.02 Å². The Morgan fingerprint density at radius 2 is 1.47 bits per heavy atom. The fourth-order valence-corrected chi connectivity index (χ4v) is 1.86. The van der Waals surface area contributed by atoms with Gasteiger partial charge in [-0.15, -0.1) is 0 Å². The van der Waals surface area contributed by atoms with Crippen LogP contribution < -0.4 is 0 Å². The average molecular weight is 219 g/mol. The molecule has 2 aromatic rings. The highest BCUT2D eigenvalue weighted by molar-refractivity contribution is 6.31. The zero-order valence-corrected chi connectivity index (χ0v) is 10.1. The van der Waals surface area contributed by atoms with E-state index >= 15 is 0 Å². The molecule has 0 fully saturated rings. The van der Waals surface area contributed by atoms with Gasteiger partial charge in [0, 0.05) is 5.02 Å². The van der Waals surface area contributed by atoms with Crippen molar-refractivity contribution < 1.29 is 0 Å². The molecule has 0 amide bonds. The summed E-state index contributed by atoms with van der Waals surface area (Å²) in [5, 5.41) is 3.26. The summed E-state index contributed by atoms with van der Waals surface area (Å²) in [4.78, 5) is 0. The molecule has 1 heteroatoms. The zero-order chi connectivity index (χ0) is 11.1. The smallest absolute Gasteiger partial charge is 0.0412 e. The molecule has 0 atom stereocenters. The Kier molecular flexibility index (Phi) is 2.47.